The van der Waals surface area contributed by atoms with E-state index in [9.17, 15) is 14.9 Å². The van der Waals surface area contributed by atoms with E-state index in [1.54, 1.807) is 48.5 Å². The smallest absolute Gasteiger partial charge is 0.340 e. The van der Waals surface area contributed by atoms with Crippen molar-refractivity contribution < 1.29 is 14.3 Å². The number of hydrogen-bond acceptors (Lipinski definition) is 5. The van der Waals surface area contributed by atoms with Crippen LogP contribution < -0.4 is 10.6 Å². The van der Waals surface area contributed by atoms with E-state index in [0.29, 0.717) is 28.6 Å². The fourth-order valence-corrected chi connectivity index (χ4v) is 2.43. The van der Waals surface area contributed by atoms with Gasteiger partial charge in [-0.1, -0.05) is 43.1 Å². The molecule has 28 heavy (non-hydrogen) atoms. The number of anilines is 2. The van der Waals surface area contributed by atoms with E-state index in [2.05, 4.69) is 10.6 Å². The van der Waals surface area contributed by atoms with E-state index < -0.39 is 11.9 Å². The van der Waals surface area contributed by atoms with Crippen LogP contribution in [0.4, 0.5) is 11.4 Å². The number of unbranched alkanes of at least 4 members (excludes halogenated alkanes) is 1. The highest BCUT2D eigenvalue weighted by Gasteiger charge is 2.13. The maximum atomic E-state index is 12.3. The molecule has 0 radical (unpaired) electrons. The molecule has 2 rings (SSSR count). The third kappa shape index (κ3) is 6.15. The molecule has 0 aliphatic carbocycles. The van der Waals surface area contributed by atoms with Gasteiger partial charge in [0.2, 0.25) is 0 Å². The lowest BCUT2D eigenvalue weighted by Gasteiger charge is -2.10. The van der Waals surface area contributed by atoms with Crippen molar-refractivity contribution in [2.45, 2.75) is 19.8 Å². The third-order valence-corrected chi connectivity index (χ3v) is 3.93. The fourth-order valence-electron chi connectivity index (χ4n) is 2.24. The molecule has 0 unspecified atom stereocenters. The number of benzene rings is 2. The van der Waals surface area contributed by atoms with Crippen LogP contribution in [0.2, 0.25) is 5.02 Å². The average molecular weight is 398 g/mol. The van der Waals surface area contributed by atoms with Gasteiger partial charge in [-0.05, 0) is 36.8 Å². The molecule has 1 amide bonds. The number of rotatable bonds is 8. The van der Waals surface area contributed by atoms with Crippen LogP contribution in [0.1, 0.15) is 30.1 Å². The monoisotopic (exact) mass is 397 g/mol. The fraction of sp³-hybridized carbons (Fsp3) is 0.190. The number of nitrogens with one attached hydrogen (secondary N) is 2. The lowest BCUT2D eigenvalue weighted by Crippen LogP contribution is -2.15. The lowest BCUT2D eigenvalue weighted by atomic mass is 10.1. The first-order chi connectivity index (χ1) is 13.5. The van der Waals surface area contributed by atoms with Crippen molar-refractivity contribution in [1.29, 1.82) is 5.26 Å². The molecule has 2 aromatic carbocycles. The summed E-state index contributed by atoms with van der Waals surface area (Å²) in [6.07, 6.45) is 2.95. The largest absolute Gasteiger partial charge is 0.462 e. The standard InChI is InChI=1S/C21H20ClN3O3/c1-2-3-11-28-21(27)18-9-4-5-10-19(18)24-14-15(13-23)20(26)25-17-8-6-7-16(22)12-17/h4-10,12,14,24H,2-3,11H2,1H3,(H,25,26)/b15-14-. The summed E-state index contributed by atoms with van der Waals surface area (Å²) >= 11 is 5.89. The molecular formula is C21H20ClN3O3. The molecule has 0 saturated heterocycles. The van der Waals surface area contributed by atoms with Crippen LogP contribution in [0, 0.1) is 11.3 Å². The summed E-state index contributed by atoms with van der Waals surface area (Å²) in [5.74, 6) is -1.06. The van der Waals surface area contributed by atoms with E-state index in [-0.39, 0.29) is 5.57 Å². The summed E-state index contributed by atoms with van der Waals surface area (Å²) in [4.78, 5) is 24.5. The molecule has 0 aliphatic heterocycles. The van der Waals surface area contributed by atoms with Crippen molar-refractivity contribution in [3.05, 3.63) is 70.9 Å². The quantitative estimate of drug-likeness (QED) is 0.290. The summed E-state index contributed by atoms with van der Waals surface area (Å²) in [6, 6.07) is 15.2. The Morgan fingerprint density at radius 1 is 1.21 bits per heavy atom. The summed E-state index contributed by atoms with van der Waals surface area (Å²) in [6.45, 7) is 2.34. The van der Waals surface area contributed by atoms with Crippen molar-refractivity contribution in [3.8, 4) is 6.07 Å². The number of nitriles is 1. The van der Waals surface area contributed by atoms with E-state index >= 15 is 0 Å². The van der Waals surface area contributed by atoms with Gasteiger partial charge in [0.25, 0.3) is 5.91 Å². The Kier molecular flexibility index (Phi) is 8.07. The van der Waals surface area contributed by atoms with E-state index in [1.165, 1.54) is 6.20 Å². The predicted octanol–water partition coefficient (Wildman–Crippen LogP) is 4.75. The number of hydrogen-bond donors (Lipinski definition) is 2. The Hall–Kier alpha value is -3.30. The number of para-hydroxylation sites is 1. The summed E-state index contributed by atoms with van der Waals surface area (Å²) in [7, 11) is 0. The van der Waals surface area contributed by atoms with Gasteiger partial charge in [-0.25, -0.2) is 4.79 Å². The zero-order chi connectivity index (χ0) is 20.4. The summed E-state index contributed by atoms with van der Waals surface area (Å²) < 4.78 is 5.22. The first-order valence-corrected chi connectivity index (χ1v) is 9.12. The lowest BCUT2D eigenvalue weighted by molar-refractivity contribution is -0.112. The van der Waals surface area contributed by atoms with Crippen LogP contribution in [0.3, 0.4) is 0 Å². The van der Waals surface area contributed by atoms with E-state index in [4.69, 9.17) is 16.3 Å². The van der Waals surface area contributed by atoms with Crippen LogP contribution in [0.5, 0.6) is 0 Å². The molecule has 7 heteroatoms. The highest BCUT2D eigenvalue weighted by atomic mass is 35.5. The number of amides is 1. The van der Waals surface area contributed by atoms with Gasteiger partial charge < -0.3 is 15.4 Å². The van der Waals surface area contributed by atoms with Crippen molar-refractivity contribution >= 4 is 34.9 Å². The van der Waals surface area contributed by atoms with E-state index in [1.807, 2.05) is 13.0 Å². The van der Waals surface area contributed by atoms with Gasteiger partial charge in [-0.3, -0.25) is 4.79 Å². The van der Waals surface area contributed by atoms with Crippen molar-refractivity contribution in [1.82, 2.24) is 0 Å². The number of esters is 1. The van der Waals surface area contributed by atoms with Crippen LogP contribution in [-0.4, -0.2) is 18.5 Å². The number of carbonyl (C=O) groups is 2. The number of nitrogens with zero attached hydrogens (tertiary/aromatic N) is 1. The Labute approximate surface area is 168 Å². The first-order valence-electron chi connectivity index (χ1n) is 8.75. The molecule has 0 bridgehead atoms. The Morgan fingerprint density at radius 2 is 2.00 bits per heavy atom. The third-order valence-electron chi connectivity index (χ3n) is 3.70. The Bertz CT molecular complexity index is 919. The molecule has 0 spiro atoms. The molecule has 2 N–H and O–H groups in total. The van der Waals surface area contributed by atoms with Gasteiger partial charge >= 0.3 is 5.97 Å². The number of carbonyl (C=O) groups excluding carboxylic acids is 2. The van der Waals surface area contributed by atoms with Crippen LogP contribution in [-0.2, 0) is 9.53 Å². The van der Waals surface area contributed by atoms with Gasteiger partial charge in [-0.15, -0.1) is 0 Å². The molecule has 0 aliphatic rings. The molecule has 0 atom stereocenters. The summed E-state index contributed by atoms with van der Waals surface area (Å²) in [5.41, 5.74) is 1.07. The molecule has 6 nitrogen and oxygen atoms in total. The van der Waals surface area contributed by atoms with Gasteiger partial charge in [0.15, 0.2) is 0 Å². The molecular weight excluding hydrogens is 378 g/mol. The van der Waals surface area contributed by atoms with Crippen molar-refractivity contribution in [3.63, 3.8) is 0 Å². The molecule has 144 valence electrons. The minimum atomic E-state index is -0.597. The number of halogens is 1. The normalized spacial score (nSPS) is 10.7. The topological polar surface area (TPSA) is 91.2 Å². The minimum absolute atomic E-state index is 0.158. The van der Waals surface area contributed by atoms with Gasteiger partial charge in [-0.2, -0.15) is 5.26 Å². The van der Waals surface area contributed by atoms with Crippen molar-refractivity contribution in [2.75, 3.05) is 17.2 Å². The maximum absolute atomic E-state index is 12.3. The molecule has 0 fully saturated rings. The van der Waals surface area contributed by atoms with E-state index in [0.717, 1.165) is 12.8 Å². The predicted molar refractivity (Wildman–Crippen MR) is 109 cm³/mol. The Balaban J connectivity index is 2.11. The van der Waals surface area contributed by atoms with Gasteiger partial charge in [0, 0.05) is 16.9 Å². The van der Waals surface area contributed by atoms with Gasteiger partial charge in [0.1, 0.15) is 11.6 Å². The van der Waals surface area contributed by atoms with Crippen LogP contribution >= 0.6 is 11.6 Å². The SMILES string of the molecule is CCCCOC(=O)c1ccccc1N/C=C(/C#N)C(=O)Nc1cccc(Cl)c1. The second-order valence-electron chi connectivity index (χ2n) is 5.81. The second kappa shape index (κ2) is 10.8. The minimum Gasteiger partial charge on any atom is -0.462 e. The zero-order valence-corrected chi connectivity index (χ0v) is 16.1. The molecule has 0 saturated carbocycles. The highest BCUT2D eigenvalue weighted by Crippen LogP contribution is 2.18. The maximum Gasteiger partial charge on any atom is 0.340 e. The Morgan fingerprint density at radius 3 is 2.71 bits per heavy atom. The molecule has 0 heterocycles. The van der Waals surface area contributed by atoms with Crippen molar-refractivity contribution in [2.24, 2.45) is 0 Å². The van der Waals surface area contributed by atoms with Gasteiger partial charge in [0.05, 0.1) is 17.9 Å². The molecule has 0 aromatic heterocycles. The van der Waals surface area contributed by atoms with Crippen LogP contribution in [0.15, 0.2) is 60.3 Å². The zero-order valence-electron chi connectivity index (χ0n) is 15.4. The summed E-state index contributed by atoms with van der Waals surface area (Å²) in [5, 5.41) is 15.2. The number of ether oxygens (including phenoxy) is 1. The van der Waals surface area contributed by atoms with Crippen LogP contribution in [0.25, 0.3) is 0 Å². The molecule has 2 aromatic rings. The first kappa shape index (κ1) is 21.0. The second-order valence-corrected chi connectivity index (χ2v) is 6.25. The highest BCUT2D eigenvalue weighted by molar-refractivity contribution is 6.31. The average Bonchev–Trinajstić information content (AvgIpc) is 2.69.